The molecule has 0 radical (unpaired) electrons. The third-order valence-corrected chi connectivity index (χ3v) is 3.42. The summed E-state index contributed by atoms with van der Waals surface area (Å²) in [5.41, 5.74) is 0.747. The fourth-order valence-electron chi connectivity index (χ4n) is 2.05. The zero-order valence-corrected chi connectivity index (χ0v) is 13.1. The molecule has 0 saturated carbocycles. The first-order valence-corrected chi connectivity index (χ1v) is 7.13. The molecule has 1 aromatic carbocycles. The minimum Gasteiger partial charge on any atom is -0.497 e. The Morgan fingerprint density at radius 3 is 2.40 bits per heavy atom. The van der Waals surface area contributed by atoms with Crippen LogP contribution in [0.4, 0.5) is 0 Å². The Morgan fingerprint density at radius 1 is 1.15 bits per heavy atom. The first kappa shape index (κ1) is 16.8. The SMILES string of the molecule is COc1ccc(OC)c(C(O)C(C)NCCC(C)C)c1. The van der Waals surface area contributed by atoms with Gasteiger partial charge in [0.25, 0.3) is 0 Å². The van der Waals surface area contributed by atoms with E-state index in [2.05, 4.69) is 19.2 Å². The van der Waals surface area contributed by atoms with E-state index in [4.69, 9.17) is 9.47 Å². The minimum absolute atomic E-state index is 0.0465. The van der Waals surface area contributed by atoms with Crippen molar-refractivity contribution in [3.8, 4) is 11.5 Å². The lowest BCUT2D eigenvalue weighted by Gasteiger charge is -2.23. The first-order chi connectivity index (χ1) is 9.49. The number of rotatable bonds is 8. The molecular formula is C16H27NO3. The maximum atomic E-state index is 10.5. The summed E-state index contributed by atoms with van der Waals surface area (Å²) >= 11 is 0. The fraction of sp³-hybridized carbons (Fsp3) is 0.625. The minimum atomic E-state index is -0.632. The van der Waals surface area contributed by atoms with E-state index < -0.39 is 6.10 Å². The van der Waals surface area contributed by atoms with Crippen molar-refractivity contribution in [3.05, 3.63) is 23.8 Å². The molecule has 0 aliphatic rings. The van der Waals surface area contributed by atoms with Gasteiger partial charge in [-0.3, -0.25) is 0 Å². The van der Waals surface area contributed by atoms with Gasteiger partial charge in [-0.15, -0.1) is 0 Å². The molecule has 2 unspecified atom stereocenters. The summed E-state index contributed by atoms with van der Waals surface area (Å²) < 4.78 is 10.5. The van der Waals surface area contributed by atoms with E-state index in [0.29, 0.717) is 17.4 Å². The topological polar surface area (TPSA) is 50.7 Å². The maximum Gasteiger partial charge on any atom is 0.124 e. The predicted molar refractivity (Wildman–Crippen MR) is 81.4 cm³/mol. The van der Waals surface area contributed by atoms with Crippen LogP contribution in [0.2, 0.25) is 0 Å². The number of nitrogens with one attached hydrogen (secondary N) is 1. The van der Waals surface area contributed by atoms with Gasteiger partial charge in [0.15, 0.2) is 0 Å². The van der Waals surface area contributed by atoms with Crippen LogP contribution in [-0.2, 0) is 0 Å². The van der Waals surface area contributed by atoms with Crippen LogP contribution in [0.5, 0.6) is 11.5 Å². The second-order valence-electron chi connectivity index (χ2n) is 5.48. The molecule has 20 heavy (non-hydrogen) atoms. The third-order valence-electron chi connectivity index (χ3n) is 3.42. The van der Waals surface area contributed by atoms with Crippen molar-refractivity contribution < 1.29 is 14.6 Å². The smallest absolute Gasteiger partial charge is 0.124 e. The van der Waals surface area contributed by atoms with E-state index in [1.54, 1.807) is 14.2 Å². The second-order valence-corrected chi connectivity index (χ2v) is 5.48. The van der Waals surface area contributed by atoms with Crippen molar-refractivity contribution in [1.29, 1.82) is 0 Å². The Hall–Kier alpha value is -1.26. The number of hydrogen-bond donors (Lipinski definition) is 2. The highest BCUT2D eigenvalue weighted by Gasteiger charge is 2.20. The predicted octanol–water partition coefficient (Wildman–Crippen LogP) is 2.76. The lowest BCUT2D eigenvalue weighted by molar-refractivity contribution is 0.132. The number of methoxy groups -OCH3 is 2. The Labute approximate surface area is 122 Å². The first-order valence-electron chi connectivity index (χ1n) is 7.13. The number of aliphatic hydroxyl groups is 1. The third kappa shape index (κ3) is 4.69. The van der Waals surface area contributed by atoms with Crippen molar-refractivity contribution >= 4 is 0 Å². The van der Waals surface area contributed by atoms with Crippen LogP contribution in [0, 0.1) is 5.92 Å². The number of benzene rings is 1. The molecule has 1 aromatic rings. The van der Waals surface area contributed by atoms with Crippen molar-refractivity contribution in [2.75, 3.05) is 20.8 Å². The van der Waals surface area contributed by atoms with Gasteiger partial charge in [0, 0.05) is 11.6 Å². The molecule has 0 aliphatic heterocycles. The van der Waals surface area contributed by atoms with E-state index in [-0.39, 0.29) is 6.04 Å². The summed E-state index contributed by atoms with van der Waals surface area (Å²) in [6, 6.07) is 5.42. The highest BCUT2D eigenvalue weighted by molar-refractivity contribution is 5.42. The maximum absolute atomic E-state index is 10.5. The molecule has 0 heterocycles. The molecule has 0 spiro atoms. The molecule has 2 N–H and O–H groups in total. The number of aliphatic hydroxyl groups excluding tert-OH is 1. The highest BCUT2D eigenvalue weighted by Crippen LogP contribution is 2.30. The standard InChI is InChI=1S/C16H27NO3/c1-11(2)8-9-17-12(3)16(18)14-10-13(19-4)6-7-15(14)20-5/h6-7,10-12,16-18H,8-9H2,1-5H3. The van der Waals surface area contributed by atoms with E-state index in [1.165, 1.54) is 0 Å². The second kappa shape index (κ2) is 8.12. The van der Waals surface area contributed by atoms with Crippen LogP contribution in [0.25, 0.3) is 0 Å². The molecule has 0 aliphatic carbocycles. The van der Waals surface area contributed by atoms with Gasteiger partial charge < -0.3 is 19.9 Å². The van der Waals surface area contributed by atoms with E-state index in [1.807, 2.05) is 25.1 Å². The summed E-state index contributed by atoms with van der Waals surface area (Å²) in [5, 5.41) is 13.8. The van der Waals surface area contributed by atoms with Crippen LogP contribution < -0.4 is 14.8 Å². The average Bonchev–Trinajstić information content (AvgIpc) is 2.45. The lowest BCUT2D eigenvalue weighted by Crippen LogP contribution is -2.33. The molecule has 0 saturated heterocycles. The van der Waals surface area contributed by atoms with Crippen molar-refractivity contribution in [2.45, 2.75) is 39.3 Å². The summed E-state index contributed by atoms with van der Waals surface area (Å²) in [5.74, 6) is 2.04. The highest BCUT2D eigenvalue weighted by atomic mass is 16.5. The van der Waals surface area contributed by atoms with Gasteiger partial charge in [-0.1, -0.05) is 13.8 Å². The normalized spacial score (nSPS) is 14.2. The molecule has 0 amide bonds. The summed E-state index contributed by atoms with van der Waals surface area (Å²) in [4.78, 5) is 0. The van der Waals surface area contributed by atoms with Gasteiger partial charge in [-0.25, -0.2) is 0 Å². The average molecular weight is 281 g/mol. The Kier molecular flexibility index (Phi) is 6.82. The largest absolute Gasteiger partial charge is 0.497 e. The molecule has 4 heteroatoms. The van der Waals surface area contributed by atoms with Crippen LogP contribution >= 0.6 is 0 Å². The molecular weight excluding hydrogens is 254 g/mol. The molecule has 0 fully saturated rings. The Morgan fingerprint density at radius 2 is 1.85 bits per heavy atom. The lowest BCUT2D eigenvalue weighted by atomic mass is 10.0. The van der Waals surface area contributed by atoms with Crippen LogP contribution in [0.1, 0.15) is 38.9 Å². The van der Waals surface area contributed by atoms with Gasteiger partial charge in [-0.2, -0.15) is 0 Å². The van der Waals surface area contributed by atoms with E-state index in [9.17, 15) is 5.11 Å². The fourth-order valence-corrected chi connectivity index (χ4v) is 2.05. The van der Waals surface area contributed by atoms with Gasteiger partial charge in [0.05, 0.1) is 20.3 Å². The summed E-state index contributed by atoms with van der Waals surface area (Å²) in [6.07, 6.45) is 0.457. The zero-order valence-electron chi connectivity index (χ0n) is 13.1. The van der Waals surface area contributed by atoms with E-state index >= 15 is 0 Å². The van der Waals surface area contributed by atoms with Gasteiger partial charge in [0.2, 0.25) is 0 Å². The van der Waals surface area contributed by atoms with Crippen molar-refractivity contribution in [3.63, 3.8) is 0 Å². The quantitative estimate of drug-likeness (QED) is 0.769. The molecule has 0 aromatic heterocycles. The molecule has 0 bridgehead atoms. The van der Waals surface area contributed by atoms with E-state index in [0.717, 1.165) is 18.5 Å². The monoisotopic (exact) mass is 281 g/mol. The molecule has 2 atom stereocenters. The summed E-state index contributed by atoms with van der Waals surface area (Å²) in [6.45, 7) is 7.24. The van der Waals surface area contributed by atoms with Gasteiger partial charge >= 0.3 is 0 Å². The Bertz CT molecular complexity index is 407. The van der Waals surface area contributed by atoms with Crippen molar-refractivity contribution in [2.24, 2.45) is 5.92 Å². The Balaban J connectivity index is 2.76. The number of ether oxygens (including phenoxy) is 2. The van der Waals surface area contributed by atoms with Crippen LogP contribution in [0.15, 0.2) is 18.2 Å². The number of hydrogen-bond acceptors (Lipinski definition) is 4. The van der Waals surface area contributed by atoms with Gasteiger partial charge in [0.1, 0.15) is 11.5 Å². The van der Waals surface area contributed by atoms with Crippen molar-refractivity contribution in [1.82, 2.24) is 5.32 Å². The van der Waals surface area contributed by atoms with Gasteiger partial charge in [-0.05, 0) is 44.0 Å². The molecule has 114 valence electrons. The van der Waals surface area contributed by atoms with Crippen LogP contribution in [-0.4, -0.2) is 31.9 Å². The molecule has 4 nitrogen and oxygen atoms in total. The molecule has 1 rings (SSSR count). The summed E-state index contributed by atoms with van der Waals surface area (Å²) in [7, 11) is 3.22. The zero-order chi connectivity index (χ0) is 15.1. The van der Waals surface area contributed by atoms with Crippen LogP contribution in [0.3, 0.4) is 0 Å².